The molecule has 3 rings (SSSR count). The van der Waals surface area contributed by atoms with Crippen molar-refractivity contribution in [1.82, 2.24) is 20.2 Å². The minimum absolute atomic E-state index is 0.201. The highest BCUT2D eigenvalue weighted by molar-refractivity contribution is 6.31. The Labute approximate surface area is 138 Å². The van der Waals surface area contributed by atoms with E-state index in [1.54, 1.807) is 29.9 Å². The first-order valence-corrected chi connectivity index (χ1v) is 7.32. The molecule has 116 valence electrons. The van der Waals surface area contributed by atoms with Gasteiger partial charge in [0.05, 0.1) is 0 Å². The number of aryl methyl sites for hydroxylation is 2. The van der Waals surface area contributed by atoms with Gasteiger partial charge in [-0.25, -0.2) is 4.68 Å². The van der Waals surface area contributed by atoms with E-state index in [9.17, 15) is 4.79 Å². The fourth-order valence-electron chi connectivity index (χ4n) is 2.12. The molecule has 0 radical (unpaired) electrons. The molecule has 1 heterocycles. The Hall–Kier alpha value is -2.73. The van der Waals surface area contributed by atoms with Crippen LogP contribution in [-0.4, -0.2) is 26.1 Å². The second-order valence-corrected chi connectivity index (χ2v) is 5.53. The molecule has 0 aliphatic carbocycles. The van der Waals surface area contributed by atoms with Crippen molar-refractivity contribution in [3.8, 4) is 11.4 Å². The van der Waals surface area contributed by atoms with Crippen LogP contribution in [0, 0.1) is 6.92 Å². The topological polar surface area (TPSA) is 72.7 Å². The Morgan fingerprint density at radius 1 is 1.17 bits per heavy atom. The van der Waals surface area contributed by atoms with Crippen molar-refractivity contribution in [3.05, 3.63) is 58.6 Å². The third-order valence-corrected chi connectivity index (χ3v) is 3.86. The van der Waals surface area contributed by atoms with Crippen LogP contribution in [0.15, 0.2) is 42.5 Å². The molecule has 0 spiro atoms. The molecule has 0 saturated carbocycles. The van der Waals surface area contributed by atoms with Gasteiger partial charge in [-0.3, -0.25) is 4.79 Å². The van der Waals surface area contributed by atoms with Crippen LogP contribution in [0.25, 0.3) is 11.4 Å². The number of tetrazole rings is 1. The molecule has 2 aromatic carbocycles. The monoisotopic (exact) mass is 327 g/mol. The molecule has 7 heteroatoms. The zero-order valence-electron chi connectivity index (χ0n) is 12.6. The van der Waals surface area contributed by atoms with Gasteiger partial charge in [0.25, 0.3) is 5.91 Å². The number of anilines is 1. The Morgan fingerprint density at radius 3 is 2.52 bits per heavy atom. The molecule has 0 unspecified atom stereocenters. The van der Waals surface area contributed by atoms with Crippen molar-refractivity contribution >= 4 is 23.2 Å². The highest BCUT2D eigenvalue weighted by Gasteiger charge is 2.10. The molecule has 6 nitrogen and oxygen atoms in total. The smallest absolute Gasteiger partial charge is 0.255 e. The molecular formula is C16H14ClN5O. The Kier molecular flexibility index (Phi) is 4.08. The molecule has 3 aromatic rings. The molecule has 23 heavy (non-hydrogen) atoms. The van der Waals surface area contributed by atoms with Crippen molar-refractivity contribution in [2.75, 3.05) is 5.32 Å². The molecule has 1 amide bonds. The number of rotatable bonds is 3. The SMILES string of the molecule is Cc1ccc(NC(=O)c2ccc(-c3nnnn3C)cc2)cc1Cl. The lowest BCUT2D eigenvalue weighted by Crippen LogP contribution is -2.11. The van der Waals surface area contributed by atoms with Crippen LogP contribution in [0.3, 0.4) is 0 Å². The summed E-state index contributed by atoms with van der Waals surface area (Å²) in [6.07, 6.45) is 0. The zero-order valence-corrected chi connectivity index (χ0v) is 13.4. The summed E-state index contributed by atoms with van der Waals surface area (Å²) in [6.45, 7) is 1.91. The summed E-state index contributed by atoms with van der Waals surface area (Å²) in [5.74, 6) is 0.440. The molecule has 1 aromatic heterocycles. The number of benzene rings is 2. The molecule has 0 atom stereocenters. The van der Waals surface area contributed by atoms with Gasteiger partial charge in [-0.15, -0.1) is 5.10 Å². The van der Waals surface area contributed by atoms with E-state index in [1.165, 1.54) is 0 Å². The van der Waals surface area contributed by atoms with Gasteiger partial charge in [-0.2, -0.15) is 0 Å². The lowest BCUT2D eigenvalue weighted by Gasteiger charge is -2.07. The average Bonchev–Trinajstić information content (AvgIpc) is 2.97. The molecule has 0 bridgehead atoms. The molecule has 0 saturated heterocycles. The first-order valence-electron chi connectivity index (χ1n) is 6.95. The predicted molar refractivity (Wildman–Crippen MR) is 88.4 cm³/mol. The Morgan fingerprint density at radius 2 is 1.91 bits per heavy atom. The van der Waals surface area contributed by atoms with Gasteiger partial charge in [-0.1, -0.05) is 29.8 Å². The van der Waals surface area contributed by atoms with E-state index in [2.05, 4.69) is 20.8 Å². The zero-order chi connectivity index (χ0) is 16.4. The van der Waals surface area contributed by atoms with E-state index in [4.69, 9.17) is 11.6 Å². The summed E-state index contributed by atoms with van der Waals surface area (Å²) in [5.41, 5.74) is 3.01. The fraction of sp³-hybridized carbons (Fsp3) is 0.125. The van der Waals surface area contributed by atoms with E-state index in [1.807, 2.05) is 31.2 Å². The van der Waals surface area contributed by atoms with Gasteiger partial charge in [0.1, 0.15) is 0 Å². The number of nitrogens with one attached hydrogen (secondary N) is 1. The van der Waals surface area contributed by atoms with Crippen LogP contribution in [-0.2, 0) is 7.05 Å². The second-order valence-electron chi connectivity index (χ2n) is 5.12. The second kappa shape index (κ2) is 6.18. The van der Waals surface area contributed by atoms with E-state index >= 15 is 0 Å². The van der Waals surface area contributed by atoms with Crippen LogP contribution in [0.5, 0.6) is 0 Å². The van der Waals surface area contributed by atoms with Gasteiger partial charge in [0.2, 0.25) is 0 Å². The van der Waals surface area contributed by atoms with Gasteiger partial charge < -0.3 is 5.32 Å². The first-order chi connectivity index (χ1) is 11.0. The number of aromatic nitrogens is 4. The Balaban J connectivity index is 1.77. The number of nitrogens with zero attached hydrogens (tertiary/aromatic N) is 4. The minimum Gasteiger partial charge on any atom is -0.322 e. The predicted octanol–water partition coefficient (Wildman–Crippen LogP) is 3.09. The maximum absolute atomic E-state index is 12.3. The standard InChI is InChI=1S/C16H14ClN5O/c1-10-3-8-13(9-14(10)17)18-16(23)12-6-4-11(5-7-12)15-19-20-21-22(15)2/h3-9H,1-2H3,(H,18,23). The van der Waals surface area contributed by atoms with Crippen molar-refractivity contribution in [1.29, 1.82) is 0 Å². The van der Waals surface area contributed by atoms with Crippen LogP contribution < -0.4 is 5.32 Å². The summed E-state index contributed by atoms with van der Waals surface area (Å²) < 4.78 is 1.57. The lowest BCUT2D eigenvalue weighted by atomic mass is 10.1. The van der Waals surface area contributed by atoms with E-state index in [-0.39, 0.29) is 5.91 Å². The summed E-state index contributed by atoms with van der Waals surface area (Å²) in [4.78, 5) is 12.3. The summed E-state index contributed by atoms with van der Waals surface area (Å²) in [6, 6.07) is 12.5. The largest absolute Gasteiger partial charge is 0.322 e. The highest BCUT2D eigenvalue weighted by Crippen LogP contribution is 2.21. The van der Waals surface area contributed by atoms with E-state index < -0.39 is 0 Å². The van der Waals surface area contributed by atoms with Crippen LogP contribution in [0.4, 0.5) is 5.69 Å². The van der Waals surface area contributed by atoms with Crippen molar-refractivity contribution in [2.24, 2.45) is 7.05 Å². The van der Waals surface area contributed by atoms with Crippen LogP contribution in [0.1, 0.15) is 15.9 Å². The van der Waals surface area contributed by atoms with Crippen molar-refractivity contribution in [3.63, 3.8) is 0 Å². The van der Waals surface area contributed by atoms with Crippen LogP contribution in [0.2, 0.25) is 5.02 Å². The first kappa shape index (κ1) is 15.2. The lowest BCUT2D eigenvalue weighted by molar-refractivity contribution is 0.102. The van der Waals surface area contributed by atoms with Crippen LogP contribution >= 0.6 is 11.6 Å². The Bertz CT molecular complexity index is 857. The van der Waals surface area contributed by atoms with E-state index in [0.717, 1.165) is 11.1 Å². The van der Waals surface area contributed by atoms with Gasteiger partial charge in [0.15, 0.2) is 5.82 Å². The molecule has 0 fully saturated rings. The normalized spacial score (nSPS) is 10.6. The number of halogens is 1. The quantitative estimate of drug-likeness (QED) is 0.802. The number of hydrogen-bond donors (Lipinski definition) is 1. The average molecular weight is 328 g/mol. The number of hydrogen-bond acceptors (Lipinski definition) is 4. The summed E-state index contributed by atoms with van der Waals surface area (Å²) in [7, 11) is 1.76. The molecule has 1 N–H and O–H groups in total. The fourth-order valence-corrected chi connectivity index (χ4v) is 2.30. The third kappa shape index (κ3) is 3.22. The van der Waals surface area contributed by atoms with Gasteiger partial charge >= 0.3 is 0 Å². The van der Waals surface area contributed by atoms with Gasteiger partial charge in [-0.05, 0) is 47.2 Å². The highest BCUT2D eigenvalue weighted by atomic mass is 35.5. The number of carbonyl (C=O) groups is 1. The third-order valence-electron chi connectivity index (χ3n) is 3.46. The van der Waals surface area contributed by atoms with Gasteiger partial charge in [0, 0.05) is 28.9 Å². The molecule has 0 aliphatic rings. The van der Waals surface area contributed by atoms with Crippen molar-refractivity contribution < 1.29 is 4.79 Å². The number of carbonyl (C=O) groups excluding carboxylic acids is 1. The van der Waals surface area contributed by atoms with Crippen molar-refractivity contribution in [2.45, 2.75) is 6.92 Å². The maximum Gasteiger partial charge on any atom is 0.255 e. The number of amides is 1. The van der Waals surface area contributed by atoms with E-state index in [0.29, 0.717) is 22.1 Å². The summed E-state index contributed by atoms with van der Waals surface area (Å²) >= 11 is 6.06. The maximum atomic E-state index is 12.3. The molecular weight excluding hydrogens is 314 g/mol. The summed E-state index contributed by atoms with van der Waals surface area (Å²) in [5, 5.41) is 14.8. The molecule has 0 aliphatic heterocycles. The minimum atomic E-state index is -0.201.